The summed E-state index contributed by atoms with van der Waals surface area (Å²) >= 11 is 5.98. The molecule has 1 aliphatic carbocycles. The summed E-state index contributed by atoms with van der Waals surface area (Å²) in [5.74, 6) is 0.364. The Labute approximate surface area is 112 Å². The van der Waals surface area contributed by atoms with Gasteiger partial charge in [0, 0.05) is 5.69 Å². The third kappa shape index (κ3) is 3.16. The van der Waals surface area contributed by atoms with Crippen molar-refractivity contribution in [1.29, 1.82) is 0 Å². The van der Waals surface area contributed by atoms with Gasteiger partial charge < -0.3 is 10.5 Å². The molecule has 1 aromatic rings. The van der Waals surface area contributed by atoms with Gasteiger partial charge in [0.1, 0.15) is 6.10 Å². The van der Waals surface area contributed by atoms with E-state index in [2.05, 4.69) is 6.92 Å². The Hall–Kier alpha value is -1.22. The van der Waals surface area contributed by atoms with Gasteiger partial charge in [-0.1, -0.05) is 18.5 Å². The molecular weight excluding hydrogens is 250 g/mol. The number of anilines is 1. The topological polar surface area (TPSA) is 52.3 Å². The number of benzene rings is 1. The van der Waals surface area contributed by atoms with Gasteiger partial charge in [-0.05, 0) is 49.8 Å². The van der Waals surface area contributed by atoms with E-state index in [1.807, 2.05) is 0 Å². The molecule has 3 nitrogen and oxygen atoms in total. The molecule has 0 atom stereocenters. The number of carbonyl (C=O) groups is 1. The van der Waals surface area contributed by atoms with Crippen molar-refractivity contribution in [3.8, 4) is 0 Å². The first kappa shape index (κ1) is 13.2. The number of ether oxygens (including phenoxy) is 1. The number of nitrogens with two attached hydrogens (primary N) is 1. The number of carbonyl (C=O) groups excluding carboxylic acids is 1. The first-order valence-electron chi connectivity index (χ1n) is 6.32. The normalized spacial score (nSPS) is 23.7. The molecule has 0 radical (unpaired) electrons. The number of rotatable bonds is 2. The van der Waals surface area contributed by atoms with Crippen LogP contribution in [0.25, 0.3) is 0 Å². The fraction of sp³-hybridized carbons (Fsp3) is 0.500. The van der Waals surface area contributed by atoms with Crippen molar-refractivity contribution in [3.63, 3.8) is 0 Å². The zero-order valence-corrected chi connectivity index (χ0v) is 11.2. The largest absolute Gasteiger partial charge is 0.459 e. The molecule has 0 aliphatic heterocycles. The summed E-state index contributed by atoms with van der Waals surface area (Å²) in [6.07, 6.45) is 4.12. The summed E-state index contributed by atoms with van der Waals surface area (Å²) in [4.78, 5) is 12.0. The van der Waals surface area contributed by atoms with E-state index in [1.165, 1.54) is 0 Å². The van der Waals surface area contributed by atoms with Crippen molar-refractivity contribution in [2.75, 3.05) is 5.73 Å². The highest BCUT2D eigenvalue weighted by Gasteiger charge is 2.23. The number of hydrogen-bond donors (Lipinski definition) is 1. The molecule has 18 heavy (non-hydrogen) atoms. The molecule has 2 N–H and O–H groups in total. The summed E-state index contributed by atoms with van der Waals surface area (Å²) in [5.41, 5.74) is 6.52. The van der Waals surface area contributed by atoms with Crippen LogP contribution in [0.4, 0.5) is 5.69 Å². The Kier molecular flexibility index (Phi) is 4.12. The second-order valence-corrected chi connectivity index (χ2v) is 5.43. The Bertz CT molecular complexity index is 439. The first-order chi connectivity index (χ1) is 8.56. The molecule has 1 saturated carbocycles. The molecule has 0 amide bonds. The van der Waals surface area contributed by atoms with Gasteiger partial charge in [-0.3, -0.25) is 0 Å². The van der Waals surface area contributed by atoms with Crippen molar-refractivity contribution in [3.05, 3.63) is 28.8 Å². The van der Waals surface area contributed by atoms with E-state index in [-0.39, 0.29) is 12.1 Å². The predicted molar refractivity (Wildman–Crippen MR) is 72.7 cm³/mol. The van der Waals surface area contributed by atoms with Crippen LogP contribution in [0.1, 0.15) is 43.0 Å². The summed E-state index contributed by atoms with van der Waals surface area (Å²) in [6.45, 7) is 2.23. The van der Waals surface area contributed by atoms with Crippen molar-refractivity contribution >= 4 is 23.3 Å². The first-order valence-corrected chi connectivity index (χ1v) is 6.70. The van der Waals surface area contributed by atoms with Gasteiger partial charge in [-0.2, -0.15) is 0 Å². The molecule has 0 heterocycles. The van der Waals surface area contributed by atoms with Crippen LogP contribution in [0.2, 0.25) is 5.02 Å². The SMILES string of the molecule is CC1CCC(OC(=O)c2cc(N)ccc2Cl)CC1. The van der Waals surface area contributed by atoms with Crippen LogP contribution in [0, 0.1) is 5.92 Å². The number of hydrogen-bond acceptors (Lipinski definition) is 3. The molecule has 1 fully saturated rings. The van der Waals surface area contributed by atoms with Gasteiger partial charge in [0.2, 0.25) is 0 Å². The number of esters is 1. The van der Waals surface area contributed by atoms with Crippen LogP contribution < -0.4 is 5.73 Å². The number of halogens is 1. The van der Waals surface area contributed by atoms with Gasteiger partial charge in [-0.15, -0.1) is 0 Å². The maximum atomic E-state index is 12.0. The molecule has 1 aliphatic rings. The van der Waals surface area contributed by atoms with Gasteiger partial charge in [0.15, 0.2) is 0 Å². The summed E-state index contributed by atoms with van der Waals surface area (Å²) in [6, 6.07) is 4.86. The van der Waals surface area contributed by atoms with Crippen molar-refractivity contribution in [2.45, 2.75) is 38.7 Å². The van der Waals surface area contributed by atoms with E-state index in [4.69, 9.17) is 22.1 Å². The van der Waals surface area contributed by atoms with E-state index in [1.54, 1.807) is 18.2 Å². The minimum Gasteiger partial charge on any atom is -0.459 e. The summed E-state index contributed by atoms with van der Waals surface area (Å²) in [5, 5.41) is 0.387. The average molecular weight is 268 g/mol. The van der Waals surface area contributed by atoms with Crippen molar-refractivity contribution < 1.29 is 9.53 Å². The number of nitrogen functional groups attached to an aromatic ring is 1. The molecule has 1 aromatic carbocycles. The maximum Gasteiger partial charge on any atom is 0.340 e. The van der Waals surface area contributed by atoms with Gasteiger partial charge in [0.25, 0.3) is 0 Å². The Morgan fingerprint density at radius 2 is 2.00 bits per heavy atom. The zero-order chi connectivity index (χ0) is 13.1. The smallest absolute Gasteiger partial charge is 0.340 e. The van der Waals surface area contributed by atoms with Gasteiger partial charge in [-0.25, -0.2) is 4.79 Å². The maximum absolute atomic E-state index is 12.0. The van der Waals surface area contributed by atoms with Gasteiger partial charge >= 0.3 is 5.97 Å². The van der Waals surface area contributed by atoms with Crippen LogP contribution in [-0.4, -0.2) is 12.1 Å². The monoisotopic (exact) mass is 267 g/mol. The highest BCUT2D eigenvalue weighted by Crippen LogP contribution is 2.27. The van der Waals surface area contributed by atoms with Crippen molar-refractivity contribution in [1.82, 2.24) is 0 Å². The summed E-state index contributed by atoms with van der Waals surface area (Å²) < 4.78 is 5.48. The molecule has 0 spiro atoms. The Morgan fingerprint density at radius 3 is 2.67 bits per heavy atom. The Balaban J connectivity index is 2.01. The van der Waals surface area contributed by atoms with E-state index in [0.717, 1.165) is 31.6 Å². The third-order valence-electron chi connectivity index (χ3n) is 3.45. The van der Waals surface area contributed by atoms with Crippen LogP contribution in [-0.2, 0) is 4.74 Å². The molecule has 2 rings (SSSR count). The highest BCUT2D eigenvalue weighted by molar-refractivity contribution is 6.33. The van der Waals surface area contributed by atoms with Crippen LogP contribution in [0.5, 0.6) is 0 Å². The van der Waals surface area contributed by atoms with E-state index < -0.39 is 0 Å². The highest BCUT2D eigenvalue weighted by atomic mass is 35.5. The fourth-order valence-electron chi connectivity index (χ4n) is 2.26. The van der Waals surface area contributed by atoms with E-state index in [9.17, 15) is 4.79 Å². The van der Waals surface area contributed by atoms with Crippen LogP contribution in [0.15, 0.2) is 18.2 Å². The lowest BCUT2D eigenvalue weighted by molar-refractivity contribution is 0.0174. The fourth-order valence-corrected chi connectivity index (χ4v) is 2.46. The molecule has 0 aromatic heterocycles. The molecule has 98 valence electrons. The van der Waals surface area contributed by atoms with Crippen LogP contribution >= 0.6 is 11.6 Å². The zero-order valence-electron chi connectivity index (χ0n) is 10.5. The lowest BCUT2D eigenvalue weighted by Crippen LogP contribution is -2.23. The van der Waals surface area contributed by atoms with Crippen LogP contribution in [0.3, 0.4) is 0 Å². The molecule has 0 saturated heterocycles. The van der Waals surface area contributed by atoms with Crippen molar-refractivity contribution in [2.24, 2.45) is 5.92 Å². The molecule has 0 unspecified atom stereocenters. The quantitative estimate of drug-likeness (QED) is 0.657. The minimum atomic E-state index is -0.369. The Morgan fingerprint density at radius 1 is 1.33 bits per heavy atom. The predicted octanol–water partition coefficient (Wildman–Crippen LogP) is 3.66. The molecular formula is C14H18ClNO2. The lowest BCUT2D eigenvalue weighted by Gasteiger charge is -2.26. The van der Waals surface area contributed by atoms with Gasteiger partial charge in [0.05, 0.1) is 10.6 Å². The second-order valence-electron chi connectivity index (χ2n) is 5.03. The minimum absolute atomic E-state index is 0.0196. The second kappa shape index (κ2) is 5.61. The van der Waals surface area contributed by atoms with E-state index >= 15 is 0 Å². The molecule has 0 bridgehead atoms. The summed E-state index contributed by atoms with van der Waals surface area (Å²) in [7, 11) is 0. The standard InChI is InChI=1S/C14H18ClNO2/c1-9-2-5-11(6-3-9)18-14(17)12-8-10(16)4-7-13(12)15/h4,7-9,11H,2-3,5-6,16H2,1H3. The van der Waals surface area contributed by atoms with E-state index in [0.29, 0.717) is 16.3 Å². The lowest BCUT2D eigenvalue weighted by atomic mass is 9.89. The third-order valence-corrected chi connectivity index (χ3v) is 3.78. The molecule has 4 heteroatoms. The average Bonchev–Trinajstić information content (AvgIpc) is 2.35.